The molecule has 4 rings (SSSR count). The first-order valence-corrected chi connectivity index (χ1v) is 11.1. The molecule has 4 aromatic rings. The molecule has 6 nitrogen and oxygen atoms in total. The van der Waals surface area contributed by atoms with E-state index in [1.807, 2.05) is 55.5 Å². The number of para-hydroxylation sites is 1. The number of hydrogen-bond acceptors (Lipinski definition) is 5. The van der Waals surface area contributed by atoms with Gasteiger partial charge in [0.25, 0.3) is 11.5 Å². The maximum absolute atomic E-state index is 13.3. The standard InChI is InChI=1S/C26H20N4O2S/c1-18(20-10-4-2-5-11-20)29-24(31)22(16-27)26-30(21-12-6-3-7-13-21)25(32)23(33-26)15-19-9-8-14-28-17-19/h2-15,17-18H,1H3,(H,29,31). The first-order chi connectivity index (χ1) is 16.1. The zero-order valence-corrected chi connectivity index (χ0v) is 18.6. The Bertz CT molecular complexity index is 1490. The highest BCUT2D eigenvalue weighted by Crippen LogP contribution is 2.12. The summed E-state index contributed by atoms with van der Waals surface area (Å²) >= 11 is 1.11. The van der Waals surface area contributed by atoms with Gasteiger partial charge in [0.15, 0.2) is 5.57 Å². The highest BCUT2D eigenvalue weighted by molar-refractivity contribution is 7.07. The van der Waals surface area contributed by atoms with Gasteiger partial charge in [0.1, 0.15) is 10.7 Å². The van der Waals surface area contributed by atoms with Gasteiger partial charge in [0, 0.05) is 12.4 Å². The SMILES string of the molecule is CC(NC(=O)C(C#N)=c1sc(=Cc2cccnc2)c(=O)n1-c1ccccc1)c1ccccc1. The average molecular weight is 453 g/mol. The molecule has 2 heterocycles. The highest BCUT2D eigenvalue weighted by Gasteiger charge is 2.19. The minimum atomic E-state index is -0.535. The van der Waals surface area contributed by atoms with Crippen LogP contribution in [0, 0.1) is 11.3 Å². The largest absolute Gasteiger partial charge is 0.345 e. The van der Waals surface area contributed by atoms with Crippen LogP contribution in [0.25, 0.3) is 17.3 Å². The van der Waals surface area contributed by atoms with E-state index in [0.29, 0.717) is 10.2 Å². The molecular weight excluding hydrogens is 432 g/mol. The third-order valence-electron chi connectivity index (χ3n) is 5.02. The molecule has 0 aliphatic heterocycles. The van der Waals surface area contributed by atoms with Crippen molar-refractivity contribution in [2.24, 2.45) is 0 Å². The highest BCUT2D eigenvalue weighted by atomic mass is 32.1. The van der Waals surface area contributed by atoms with Crippen molar-refractivity contribution in [2.45, 2.75) is 13.0 Å². The number of nitrogens with one attached hydrogen (secondary N) is 1. The molecule has 0 saturated heterocycles. The number of hydrogen-bond donors (Lipinski definition) is 1. The van der Waals surface area contributed by atoms with Gasteiger partial charge in [-0.05, 0) is 42.3 Å². The molecule has 0 aliphatic rings. The van der Waals surface area contributed by atoms with Crippen LogP contribution in [-0.4, -0.2) is 15.5 Å². The summed E-state index contributed by atoms with van der Waals surface area (Å²) < 4.78 is 2.10. The molecule has 7 heteroatoms. The van der Waals surface area contributed by atoms with Crippen LogP contribution < -0.4 is 20.1 Å². The summed E-state index contributed by atoms with van der Waals surface area (Å²) in [6.45, 7) is 1.85. The van der Waals surface area contributed by atoms with E-state index in [1.54, 1.807) is 48.8 Å². The number of nitriles is 1. The number of amides is 1. The van der Waals surface area contributed by atoms with E-state index in [0.717, 1.165) is 22.5 Å². The maximum atomic E-state index is 13.3. The number of pyridine rings is 1. The molecule has 33 heavy (non-hydrogen) atoms. The Hall–Kier alpha value is -4.28. The van der Waals surface area contributed by atoms with E-state index >= 15 is 0 Å². The molecule has 1 atom stereocenters. The third-order valence-corrected chi connectivity index (χ3v) is 6.11. The number of benzene rings is 2. The van der Waals surface area contributed by atoms with Crippen LogP contribution in [0.5, 0.6) is 0 Å². The topological polar surface area (TPSA) is 87.8 Å². The Morgan fingerprint density at radius 2 is 1.79 bits per heavy atom. The van der Waals surface area contributed by atoms with Gasteiger partial charge in [0.05, 0.1) is 16.3 Å². The molecule has 1 amide bonds. The van der Waals surface area contributed by atoms with E-state index in [2.05, 4.69) is 10.3 Å². The minimum absolute atomic E-state index is 0.116. The summed E-state index contributed by atoms with van der Waals surface area (Å²) in [5, 5.41) is 12.8. The van der Waals surface area contributed by atoms with Crippen molar-refractivity contribution < 1.29 is 4.79 Å². The van der Waals surface area contributed by atoms with Gasteiger partial charge in [-0.3, -0.25) is 19.1 Å². The summed E-state index contributed by atoms with van der Waals surface area (Å²) in [5.74, 6) is -0.535. The molecule has 0 radical (unpaired) electrons. The van der Waals surface area contributed by atoms with Gasteiger partial charge in [-0.2, -0.15) is 5.26 Å². The van der Waals surface area contributed by atoms with Crippen LogP contribution in [0.1, 0.15) is 24.1 Å². The number of carbonyl (C=O) groups excluding carboxylic acids is 1. The molecular formula is C26H20N4O2S. The van der Waals surface area contributed by atoms with Crippen molar-refractivity contribution in [2.75, 3.05) is 0 Å². The molecule has 1 unspecified atom stereocenters. The molecule has 2 aromatic heterocycles. The first kappa shape index (κ1) is 21.9. The number of aromatic nitrogens is 2. The Morgan fingerprint density at radius 3 is 2.42 bits per heavy atom. The fourth-order valence-electron chi connectivity index (χ4n) is 3.36. The number of carbonyl (C=O) groups is 1. The third kappa shape index (κ3) is 4.81. The molecule has 0 bridgehead atoms. The lowest BCUT2D eigenvalue weighted by molar-refractivity contribution is -0.116. The number of nitrogens with zero attached hydrogens (tertiary/aromatic N) is 3. The van der Waals surface area contributed by atoms with Crippen LogP contribution in [0.3, 0.4) is 0 Å². The first-order valence-electron chi connectivity index (χ1n) is 10.3. The van der Waals surface area contributed by atoms with Crippen molar-refractivity contribution in [3.63, 3.8) is 0 Å². The van der Waals surface area contributed by atoms with Crippen molar-refractivity contribution >= 4 is 28.9 Å². The van der Waals surface area contributed by atoms with Crippen LogP contribution >= 0.6 is 11.3 Å². The second kappa shape index (κ2) is 9.90. The normalized spacial score (nSPS) is 13.2. The smallest absolute Gasteiger partial charge is 0.273 e. The summed E-state index contributed by atoms with van der Waals surface area (Å²) in [7, 11) is 0. The zero-order valence-electron chi connectivity index (χ0n) is 17.8. The maximum Gasteiger partial charge on any atom is 0.273 e. The fourth-order valence-corrected chi connectivity index (χ4v) is 4.47. The van der Waals surface area contributed by atoms with Gasteiger partial charge in [-0.25, -0.2) is 0 Å². The Kier molecular flexibility index (Phi) is 6.58. The second-order valence-electron chi connectivity index (χ2n) is 7.27. The van der Waals surface area contributed by atoms with E-state index in [-0.39, 0.29) is 21.8 Å². The molecule has 0 saturated carbocycles. The predicted octanol–water partition coefficient (Wildman–Crippen LogP) is 2.67. The van der Waals surface area contributed by atoms with E-state index in [1.165, 1.54) is 4.57 Å². The molecule has 0 aliphatic carbocycles. The summed E-state index contributed by atoms with van der Waals surface area (Å²) in [5.41, 5.74) is 1.83. The van der Waals surface area contributed by atoms with Gasteiger partial charge in [0.2, 0.25) is 0 Å². The van der Waals surface area contributed by atoms with Crippen LogP contribution in [0.15, 0.2) is 90.0 Å². The lowest BCUT2D eigenvalue weighted by atomic mass is 10.1. The van der Waals surface area contributed by atoms with Gasteiger partial charge in [-0.15, -0.1) is 11.3 Å². The van der Waals surface area contributed by atoms with Gasteiger partial charge >= 0.3 is 0 Å². The molecule has 2 aromatic carbocycles. The average Bonchev–Trinajstić information content (AvgIpc) is 3.16. The van der Waals surface area contributed by atoms with Crippen LogP contribution in [-0.2, 0) is 4.79 Å². The minimum Gasteiger partial charge on any atom is -0.345 e. The quantitative estimate of drug-likeness (QED) is 0.504. The van der Waals surface area contributed by atoms with Crippen molar-refractivity contribution in [3.05, 3.63) is 116 Å². The molecule has 0 fully saturated rings. The molecule has 162 valence electrons. The Balaban J connectivity index is 1.89. The lowest BCUT2D eigenvalue weighted by Gasteiger charge is -2.13. The van der Waals surface area contributed by atoms with Crippen molar-refractivity contribution in [1.82, 2.24) is 14.9 Å². The fraction of sp³-hybridized carbons (Fsp3) is 0.0769. The summed E-state index contributed by atoms with van der Waals surface area (Å²) in [6.07, 6.45) is 5.01. The van der Waals surface area contributed by atoms with Crippen LogP contribution in [0.4, 0.5) is 0 Å². The molecule has 1 N–H and O–H groups in total. The van der Waals surface area contributed by atoms with Crippen molar-refractivity contribution in [1.29, 1.82) is 5.26 Å². The monoisotopic (exact) mass is 452 g/mol. The number of thiazole rings is 1. The van der Waals surface area contributed by atoms with Gasteiger partial charge < -0.3 is 5.32 Å². The van der Waals surface area contributed by atoms with E-state index in [4.69, 9.17) is 0 Å². The molecule has 0 spiro atoms. The van der Waals surface area contributed by atoms with Gasteiger partial charge in [-0.1, -0.05) is 54.6 Å². The second-order valence-corrected chi connectivity index (χ2v) is 8.30. The summed E-state index contributed by atoms with van der Waals surface area (Å²) in [4.78, 5) is 30.6. The Morgan fingerprint density at radius 1 is 1.09 bits per heavy atom. The van der Waals surface area contributed by atoms with E-state index < -0.39 is 5.91 Å². The Labute approximate surface area is 194 Å². The number of rotatable bonds is 5. The zero-order chi connectivity index (χ0) is 23.2. The predicted molar refractivity (Wildman–Crippen MR) is 129 cm³/mol. The van der Waals surface area contributed by atoms with E-state index in [9.17, 15) is 14.9 Å². The van der Waals surface area contributed by atoms with Crippen molar-refractivity contribution in [3.8, 4) is 11.8 Å². The lowest BCUT2D eigenvalue weighted by Crippen LogP contribution is -2.34. The summed E-state index contributed by atoms with van der Waals surface area (Å²) in [6, 6.07) is 23.8. The van der Waals surface area contributed by atoms with Crippen LogP contribution in [0.2, 0.25) is 0 Å².